The lowest BCUT2D eigenvalue weighted by Crippen LogP contribution is -1.88. The molecular weight excluding hydrogens is 301 g/mol. The monoisotopic (exact) mass is 307 g/mol. The van der Waals surface area contributed by atoms with Crippen LogP contribution < -0.4 is 5.73 Å². The summed E-state index contributed by atoms with van der Waals surface area (Å²) in [6.45, 7) is 0. The fourth-order valence-corrected chi connectivity index (χ4v) is 3.16. The third kappa shape index (κ3) is 1.22. The molecule has 2 N–H and O–H groups in total. The van der Waals surface area contributed by atoms with Gasteiger partial charge < -0.3 is 5.73 Å². The van der Waals surface area contributed by atoms with Crippen LogP contribution in [-0.4, -0.2) is 0 Å². The molecule has 0 radical (unpaired) electrons. The van der Waals surface area contributed by atoms with E-state index in [4.69, 9.17) is 5.73 Å². The number of nitrogen functional groups attached to an aromatic ring is 1. The number of thiol groups is 1. The highest BCUT2D eigenvalue weighted by molar-refractivity contribution is 14.1. The van der Waals surface area contributed by atoms with E-state index in [1.54, 1.807) is 11.3 Å². The van der Waals surface area contributed by atoms with Crippen LogP contribution in [0.2, 0.25) is 0 Å². The van der Waals surface area contributed by atoms with Crippen molar-refractivity contribution in [3.63, 3.8) is 0 Å². The predicted molar refractivity (Wildman–Crippen MR) is 66.2 cm³/mol. The number of benzene rings is 1. The molecule has 12 heavy (non-hydrogen) atoms. The third-order valence-corrected chi connectivity index (χ3v) is 4.99. The summed E-state index contributed by atoms with van der Waals surface area (Å²) >= 11 is 8.34. The number of rotatable bonds is 0. The Balaban J connectivity index is 2.94. The highest BCUT2D eigenvalue weighted by Gasteiger charge is 2.06. The predicted octanol–water partition coefficient (Wildman–Crippen LogP) is 3.38. The molecule has 62 valence electrons. The summed E-state index contributed by atoms with van der Waals surface area (Å²) in [7, 11) is 0. The van der Waals surface area contributed by atoms with Crippen molar-refractivity contribution in [3.8, 4) is 0 Å². The summed E-state index contributed by atoms with van der Waals surface area (Å²) in [5, 5.41) is 3.28. The minimum atomic E-state index is 0.758. The molecule has 1 aromatic heterocycles. The summed E-state index contributed by atoms with van der Waals surface area (Å²) in [6, 6.07) is 4.04. The Hall–Kier alpha value is 0.0600. The Bertz CT molecular complexity index is 436. The van der Waals surface area contributed by atoms with Gasteiger partial charge in [0.25, 0.3) is 0 Å². The molecule has 1 heterocycles. The number of fused-ring (bicyclic) bond motifs is 1. The standard InChI is InChI=1S/C8H6INS2/c9-6-7(11)5(10)3-4-1-2-12-8(4)6/h1-3,11H,10H2. The first-order chi connectivity index (χ1) is 5.70. The van der Waals surface area contributed by atoms with Crippen molar-refractivity contribution in [2.75, 3.05) is 5.73 Å². The van der Waals surface area contributed by atoms with E-state index >= 15 is 0 Å². The molecule has 0 fully saturated rings. The van der Waals surface area contributed by atoms with Crippen LogP contribution in [0.15, 0.2) is 22.4 Å². The highest BCUT2D eigenvalue weighted by atomic mass is 127. The van der Waals surface area contributed by atoms with Crippen molar-refractivity contribution in [2.45, 2.75) is 4.90 Å². The fraction of sp³-hybridized carbons (Fsp3) is 0. The van der Waals surface area contributed by atoms with Crippen LogP contribution >= 0.6 is 46.6 Å². The average molecular weight is 307 g/mol. The van der Waals surface area contributed by atoms with Gasteiger partial charge in [0.1, 0.15) is 0 Å². The van der Waals surface area contributed by atoms with Crippen LogP contribution in [0.3, 0.4) is 0 Å². The normalized spacial score (nSPS) is 10.8. The maximum Gasteiger partial charge on any atom is 0.0489 e. The van der Waals surface area contributed by atoms with E-state index in [-0.39, 0.29) is 0 Å². The minimum Gasteiger partial charge on any atom is -0.398 e. The van der Waals surface area contributed by atoms with Crippen molar-refractivity contribution in [1.29, 1.82) is 0 Å². The topological polar surface area (TPSA) is 26.0 Å². The second-order valence-corrected chi connectivity index (χ2v) is 4.91. The first kappa shape index (κ1) is 8.65. The molecule has 0 spiro atoms. The molecular formula is C8H6INS2. The maximum atomic E-state index is 5.77. The summed E-state index contributed by atoms with van der Waals surface area (Å²) in [4.78, 5) is 0.894. The van der Waals surface area contributed by atoms with Crippen molar-refractivity contribution >= 4 is 62.3 Å². The maximum absolute atomic E-state index is 5.77. The van der Waals surface area contributed by atoms with E-state index in [2.05, 4.69) is 46.7 Å². The molecule has 0 amide bonds. The molecule has 0 saturated heterocycles. The van der Waals surface area contributed by atoms with E-state index in [0.29, 0.717) is 0 Å². The molecule has 0 atom stereocenters. The fourth-order valence-electron chi connectivity index (χ4n) is 1.08. The molecule has 2 aromatic rings. The van der Waals surface area contributed by atoms with Crippen molar-refractivity contribution in [2.24, 2.45) is 0 Å². The van der Waals surface area contributed by atoms with E-state index < -0.39 is 0 Å². The van der Waals surface area contributed by atoms with Gasteiger partial charge in [0.05, 0.1) is 0 Å². The number of hydrogen-bond acceptors (Lipinski definition) is 3. The van der Waals surface area contributed by atoms with Gasteiger partial charge in [-0.2, -0.15) is 0 Å². The summed E-state index contributed by atoms with van der Waals surface area (Å²) in [5.41, 5.74) is 6.53. The van der Waals surface area contributed by atoms with E-state index in [1.807, 2.05) is 6.07 Å². The van der Waals surface area contributed by atoms with Crippen LogP contribution in [0.1, 0.15) is 0 Å². The highest BCUT2D eigenvalue weighted by Crippen LogP contribution is 2.34. The molecule has 0 saturated carbocycles. The van der Waals surface area contributed by atoms with Crippen LogP contribution in [0.5, 0.6) is 0 Å². The van der Waals surface area contributed by atoms with Crippen molar-refractivity contribution < 1.29 is 0 Å². The van der Waals surface area contributed by atoms with Crippen LogP contribution in [0.25, 0.3) is 10.1 Å². The zero-order valence-electron chi connectivity index (χ0n) is 6.04. The van der Waals surface area contributed by atoms with Gasteiger partial charge in [-0.1, -0.05) is 0 Å². The summed E-state index contributed by atoms with van der Waals surface area (Å²) in [5.74, 6) is 0. The Labute approximate surface area is 93.5 Å². The minimum absolute atomic E-state index is 0.758. The Morgan fingerprint density at radius 1 is 1.50 bits per heavy atom. The van der Waals surface area contributed by atoms with Gasteiger partial charge in [0.15, 0.2) is 0 Å². The van der Waals surface area contributed by atoms with Gasteiger partial charge in [0, 0.05) is 18.9 Å². The lowest BCUT2D eigenvalue weighted by molar-refractivity contribution is 1.48. The smallest absolute Gasteiger partial charge is 0.0489 e. The Morgan fingerprint density at radius 3 is 3.00 bits per heavy atom. The molecule has 0 bridgehead atoms. The van der Waals surface area contributed by atoms with Crippen molar-refractivity contribution in [3.05, 3.63) is 21.1 Å². The molecule has 1 aromatic carbocycles. The summed E-state index contributed by atoms with van der Waals surface area (Å²) in [6.07, 6.45) is 0. The molecule has 4 heteroatoms. The number of hydrogen-bond donors (Lipinski definition) is 2. The van der Waals surface area contributed by atoms with Gasteiger partial charge in [-0.3, -0.25) is 0 Å². The average Bonchev–Trinajstić information content (AvgIpc) is 2.48. The van der Waals surface area contributed by atoms with Gasteiger partial charge in [0.2, 0.25) is 0 Å². The Kier molecular flexibility index (Phi) is 2.22. The van der Waals surface area contributed by atoms with Crippen molar-refractivity contribution in [1.82, 2.24) is 0 Å². The van der Waals surface area contributed by atoms with Crippen LogP contribution in [0, 0.1) is 3.57 Å². The second-order valence-electron chi connectivity index (χ2n) is 2.47. The molecule has 0 unspecified atom stereocenters. The zero-order valence-corrected chi connectivity index (χ0v) is 9.91. The quantitative estimate of drug-likeness (QED) is 0.435. The van der Waals surface area contributed by atoms with Gasteiger partial charge in [-0.05, 0) is 45.5 Å². The Morgan fingerprint density at radius 2 is 2.25 bits per heavy atom. The number of halogens is 1. The lowest BCUT2D eigenvalue weighted by atomic mass is 10.2. The zero-order chi connectivity index (χ0) is 8.72. The third-order valence-electron chi connectivity index (χ3n) is 1.69. The lowest BCUT2D eigenvalue weighted by Gasteiger charge is -2.02. The largest absolute Gasteiger partial charge is 0.398 e. The molecule has 0 aliphatic rings. The summed E-state index contributed by atoms with van der Waals surface area (Å²) < 4.78 is 2.43. The molecule has 2 rings (SSSR count). The number of thiophene rings is 1. The van der Waals surface area contributed by atoms with Gasteiger partial charge in [-0.25, -0.2) is 0 Å². The number of anilines is 1. The second kappa shape index (κ2) is 3.08. The van der Waals surface area contributed by atoms with E-state index in [1.165, 1.54) is 10.1 Å². The molecule has 0 aliphatic heterocycles. The van der Waals surface area contributed by atoms with Gasteiger partial charge >= 0.3 is 0 Å². The number of nitrogens with two attached hydrogens (primary N) is 1. The van der Waals surface area contributed by atoms with Crippen LogP contribution in [0.4, 0.5) is 5.69 Å². The first-order valence-corrected chi connectivity index (χ1v) is 5.75. The molecule has 1 nitrogen and oxygen atoms in total. The molecule has 0 aliphatic carbocycles. The first-order valence-electron chi connectivity index (χ1n) is 3.34. The van der Waals surface area contributed by atoms with Crippen LogP contribution in [-0.2, 0) is 0 Å². The van der Waals surface area contributed by atoms with E-state index in [0.717, 1.165) is 14.2 Å². The van der Waals surface area contributed by atoms with Gasteiger partial charge in [-0.15, -0.1) is 24.0 Å². The van der Waals surface area contributed by atoms with E-state index in [9.17, 15) is 0 Å². The SMILES string of the molecule is Nc1cc2ccsc2c(I)c1S.